The maximum absolute atomic E-state index is 12.9. The van der Waals surface area contributed by atoms with Gasteiger partial charge in [-0.1, -0.05) is 24.3 Å². The van der Waals surface area contributed by atoms with Gasteiger partial charge in [-0.2, -0.15) is 13.2 Å². The van der Waals surface area contributed by atoms with Crippen LogP contribution in [0.3, 0.4) is 0 Å². The van der Waals surface area contributed by atoms with Crippen LogP contribution in [0.5, 0.6) is 5.75 Å². The van der Waals surface area contributed by atoms with Crippen LogP contribution in [0, 0.1) is 5.82 Å². The number of carbonyl (C=O) groups is 2. The minimum absolute atomic E-state index is 0.00299. The van der Waals surface area contributed by atoms with Crippen LogP contribution in [0.1, 0.15) is 15.9 Å². The van der Waals surface area contributed by atoms with E-state index in [9.17, 15) is 27.2 Å². The van der Waals surface area contributed by atoms with Gasteiger partial charge in [0, 0.05) is 0 Å². The Kier molecular flexibility index (Phi) is 6.75. The van der Waals surface area contributed by atoms with Crippen molar-refractivity contribution in [2.45, 2.75) is 12.8 Å². The van der Waals surface area contributed by atoms with Crippen LogP contribution in [-0.2, 0) is 16.1 Å². The highest BCUT2D eigenvalue weighted by Gasteiger charge is 2.28. The van der Waals surface area contributed by atoms with E-state index in [1.165, 1.54) is 42.5 Å². The number of para-hydroxylation sites is 1. The molecule has 0 aliphatic carbocycles. The number of alkyl halides is 3. The monoisotopic (exact) mass is 385 g/mol. The van der Waals surface area contributed by atoms with Gasteiger partial charge >= 0.3 is 12.1 Å². The van der Waals surface area contributed by atoms with Crippen molar-refractivity contribution in [3.63, 3.8) is 0 Å². The van der Waals surface area contributed by atoms with E-state index < -0.39 is 37.0 Å². The number of benzene rings is 2. The summed E-state index contributed by atoms with van der Waals surface area (Å²) in [6, 6.07) is 11.6. The molecule has 0 atom stereocenters. The summed E-state index contributed by atoms with van der Waals surface area (Å²) in [5.74, 6) is -2.24. The lowest BCUT2D eigenvalue weighted by Crippen LogP contribution is -2.36. The van der Waals surface area contributed by atoms with Crippen LogP contribution in [0.4, 0.5) is 17.6 Å². The van der Waals surface area contributed by atoms with Crippen LogP contribution < -0.4 is 10.1 Å². The fraction of sp³-hybridized carbons (Fsp3) is 0.222. The highest BCUT2D eigenvalue weighted by Crippen LogP contribution is 2.20. The van der Waals surface area contributed by atoms with E-state index in [-0.39, 0.29) is 17.9 Å². The molecule has 1 N–H and O–H groups in total. The van der Waals surface area contributed by atoms with Gasteiger partial charge in [0.25, 0.3) is 5.91 Å². The van der Waals surface area contributed by atoms with E-state index in [1.54, 1.807) is 11.4 Å². The molecule has 0 aliphatic rings. The summed E-state index contributed by atoms with van der Waals surface area (Å²) < 4.78 is 59.2. The van der Waals surface area contributed by atoms with Crippen LogP contribution in [0.25, 0.3) is 0 Å². The highest BCUT2D eigenvalue weighted by atomic mass is 19.4. The molecule has 27 heavy (non-hydrogen) atoms. The number of hydrogen-bond acceptors (Lipinski definition) is 4. The van der Waals surface area contributed by atoms with Crippen molar-refractivity contribution in [1.82, 2.24) is 5.32 Å². The molecule has 0 saturated carbocycles. The van der Waals surface area contributed by atoms with E-state index >= 15 is 0 Å². The molecule has 2 aromatic carbocycles. The molecule has 2 aromatic rings. The van der Waals surface area contributed by atoms with Gasteiger partial charge in [0.2, 0.25) is 0 Å². The third-order valence-electron chi connectivity index (χ3n) is 3.23. The van der Waals surface area contributed by atoms with Crippen molar-refractivity contribution in [3.05, 3.63) is 65.5 Å². The summed E-state index contributed by atoms with van der Waals surface area (Å²) in [6.45, 7) is -2.32. The molecular weight excluding hydrogens is 370 g/mol. The molecule has 0 saturated heterocycles. The van der Waals surface area contributed by atoms with Crippen molar-refractivity contribution in [2.75, 3.05) is 13.2 Å². The summed E-state index contributed by atoms with van der Waals surface area (Å²) in [4.78, 5) is 23.4. The molecule has 0 radical (unpaired) electrons. The minimum Gasteiger partial charge on any atom is -0.488 e. The number of amides is 1. The quantitative estimate of drug-likeness (QED) is 0.587. The maximum Gasteiger partial charge on any atom is 0.405 e. The zero-order valence-electron chi connectivity index (χ0n) is 13.9. The summed E-state index contributed by atoms with van der Waals surface area (Å²) in [5, 5.41) is 1.59. The molecule has 5 nitrogen and oxygen atoms in total. The molecule has 0 bridgehead atoms. The lowest BCUT2D eigenvalue weighted by molar-refractivity contribution is -0.140. The Labute approximate surface area is 151 Å². The van der Waals surface area contributed by atoms with Gasteiger partial charge in [0.1, 0.15) is 30.3 Å². The molecule has 0 unspecified atom stereocenters. The van der Waals surface area contributed by atoms with Gasteiger partial charge in [0.15, 0.2) is 6.61 Å². The van der Waals surface area contributed by atoms with Gasteiger partial charge in [-0.05, 0) is 29.8 Å². The number of halogens is 4. The SMILES string of the molecule is O=C(COC(=O)c1ccccc1OCc1ccc(F)cc1)NCC(F)(F)F. The topological polar surface area (TPSA) is 64.6 Å². The van der Waals surface area contributed by atoms with E-state index in [0.717, 1.165) is 0 Å². The van der Waals surface area contributed by atoms with E-state index in [2.05, 4.69) is 0 Å². The first kappa shape index (κ1) is 20.2. The second kappa shape index (κ2) is 9.02. The zero-order chi connectivity index (χ0) is 19.9. The first-order valence-corrected chi connectivity index (χ1v) is 7.71. The minimum atomic E-state index is -4.56. The predicted molar refractivity (Wildman–Crippen MR) is 86.5 cm³/mol. The number of rotatable bonds is 7. The third-order valence-corrected chi connectivity index (χ3v) is 3.23. The molecule has 0 fully saturated rings. The predicted octanol–water partition coefficient (Wildman–Crippen LogP) is 3.24. The van der Waals surface area contributed by atoms with Gasteiger partial charge < -0.3 is 14.8 Å². The van der Waals surface area contributed by atoms with Crippen LogP contribution in [-0.4, -0.2) is 31.2 Å². The van der Waals surface area contributed by atoms with Gasteiger partial charge in [-0.3, -0.25) is 4.79 Å². The summed E-state index contributed by atoms with van der Waals surface area (Å²) in [6.07, 6.45) is -4.56. The van der Waals surface area contributed by atoms with Crippen LogP contribution >= 0.6 is 0 Å². The second-order valence-electron chi connectivity index (χ2n) is 5.38. The molecule has 144 valence electrons. The smallest absolute Gasteiger partial charge is 0.405 e. The maximum atomic E-state index is 12.9. The Bertz CT molecular complexity index is 791. The van der Waals surface area contributed by atoms with E-state index in [0.29, 0.717) is 5.56 Å². The lowest BCUT2D eigenvalue weighted by Gasteiger charge is -2.12. The molecular formula is C18H15F4NO4. The molecule has 0 heterocycles. The molecule has 9 heteroatoms. The van der Waals surface area contributed by atoms with Gasteiger partial charge in [0.05, 0.1) is 0 Å². The number of esters is 1. The van der Waals surface area contributed by atoms with Crippen LogP contribution in [0.2, 0.25) is 0 Å². The number of hydrogen-bond donors (Lipinski definition) is 1. The van der Waals surface area contributed by atoms with Crippen LogP contribution in [0.15, 0.2) is 48.5 Å². The molecule has 1 amide bonds. The zero-order valence-corrected chi connectivity index (χ0v) is 13.9. The molecule has 0 aromatic heterocycles. The fourth-order valence-corrected chi connectivity index (χ4v) is 1.96. The fourth-order valence-electron chi connectivity index (χ4n) is 1.96. The summed E-state index contributed by atoms with van der Waals surface area (Å²) in [7, 11) is 0. The normalized spacial score (nSPS) is 11.0. The lowest BCUT2D eigenvalue weighted by atomic mass is 10.2. The Morgan fingerprint density at radius 3 is 2.33 bits per heavy atom. The molecule has 0 spiro atoms. The Balaban J connectivity index is 1.92. The number of carbonyl (C=O) groups excluding carboxylic acids is 2. The van der Waals surface area contributed by atoms with Gasteiger partial charge in [-0.15, -0.1) is 0 Å². The standard InChI is InChI=1S/C18H15F4NO4/c19-13-7-5-12(6-8-13)9-26-15-4-2-1-3-14(15)17(25)27-10-16(24)23-11-18(20,21)22/h1-8H,9-11H2,(H,23,24). The molecule has 0 aliphatic heterocycles. The van der Waals surface area contributed by atoms with Crippen molar-refractivity contribution < 1.29 is 36.6 Å². The van der Waals surface area contributed by atoms with Crippen molar-refractivity contribution in [2.24, 2.45) is 0 Å². The average Bonchev–Trinajstić information content (AvgIpc) is 2.63. The van der Waals surface area contributed by atoms with E-state index in [4.69, 9.17) is 9.47 Å². The third kappa shape index (κ3) is 6.96. The number of nitrogens with one attached hydrogen (secondary N) is 1. The second-order valence-corrected chi connectivity index (χ2v) is 5.38. The highest BCUT2D eigenvalue weighted by molar-refractivity contribution is 5.93. The Hall–Kier alpha value is -3.10. The Morgan fingerprint density at radius 2 is 1.67 bits per heavy atom. The first-order valence-electron chi connectivity index (χ1n) is 7.71. The number of ether oxygens (including phenoxy) is 2. The summed E-state index contributed by atoms with van der Waals surface area (Å²) >= 11 is 0. The molecule has 2 rings (SSSR count). The van der Waals surface area contributed by atoms with E-state index in [1.807, 2.05) is 0 Å². The Morgan fingerprint density at radius 1 is 1.00 bits per heavy atom. The average molecular weight is 385 g/mol. The van der Waals surface area contributed by atoms with Gasteiger partial charge in [-0.25, -0.2) is 9.18 Å². The van der Waals surface area contributed by atoms with Crippen molar-refractivity contribution >= 4 is 11.9 Å². The van der Waals surface area contributed by atoms with Crippen molar-refractivity contribution in [3.8, 4) is 5.75 Å². The van der Waals surface area contributed by atoms with Crippen molar-refractivity contribution in [1.29, 1.82) is 0 Å². The first-order chi connectivity index (χ1) is 12.7. The largest absolute Gasteiger partial charge is 0.488 e. The summed E-state index contributed by atoms with van der Waals surface area (Å²) in [5.41, 5.74) is 0.661.